The number of hydrogen-bond donors (Lipinski definition) is 0. The van der Waals surface area contributed by atoms with Crippen molar-refractivity contribution < 1.29 is 0 Å². The van der Waals surface area contributed by atoms with E-state index in [1.165, 1.54) is 21.5 Å². The average Bonchev–Trinajstić information content (AvgIpc) is 3.19. The van der Waals surface area contributed by atoms with Crippen LogP contribution in [-0.4, -0.2) is 24.9 Å². The molecule has 0 radical (unpaired) electrons. The van der Waals surface area contributed by atoms with Crippen molar-refractivity contribution >= 4 is 53.9 Å². The van der Waals surface area contributed by atoms with Crippen LogP contribution >= 0.6 is 0 Å². The van der Waals surface area contributed by atoms with Gasteiger partial charge in [0.1, 0.15) is 0 Å². The second kappa shape index (κ2) is 11.4. The monoisotopic (exact) mass is 637 g/mol. The lowest BCUT2D eigenvalue weighted by atomic mass is 9.90. The quantitative estimate of drug-likeness (QED) is 0.142. The first-order chi connectivity index (χ1) is 24.8. The summed E-state index contributed by atoms with van der Waals surface area (Å²) in [6, 6.07) is 52.7. The minimum atomic E-state index is 0.616. The van der Waals surface area contributed by atoms with E-state index < -0.39 is 0 Å². The topological polar surface area (TPSA) is 64.5 Å². The highest BCUT2D eigenvalue weighted by Crippen LogP contribution is 2.43. The molecular formula is C45H27N5. The van der Waals surface area contributed by atoms with E-state index in [0.29, 0.717) is 23.3 Å². The number of hydrogen-bond acceptors (Lipinski definition) is 5. The Kier molecular flexibility index (Phi) is 6.42. The van der Waals surface area contributed by atoms with Crippen molar-refractivity contribution in [2.45, 2.75) is 0 Å². The summed E-state index contributed by atoms with van der Waals surface area (Å²) >= 11 is 0. The Balaban J connectivity index is 1.28. The maximum Gasteiger partial charge on any atom is 0.165 e. The maximum absolute atomic E-state index is 5.33. The fourth-order valence-corrected chi connectivity index (χ4v) is 7.34. The van der Waals surface area contributed by atoms with Gasteiger partial charge in [0.2, 0.25) is 0 Å². The molecular weight excluding hydrogens is 611 g/mol. The van der Waals surface area contributed by atoms with Gasteiger partial charge in [-0.25, -0.2) is 24.9 Å². The van der Waals surface area contributed by atoms with Gasteiger partial charge in [0.05, 0.1) is 0 Å². The van der Waals surface area contributed by atoms with Crippen molar-refractivity contribution in [3.8, 4) is 45.6 Å². The minimum Gasteiger partial charge on any atom is -0.237 e. The van der Waals surface area contributed by atoms with Crippen molar-refractivity contribution in [3.05, 3.63) is 164 Å². The van der Waals surface area contributed by atoms with Crippen molar-refractivity contribution in [2.24, 2.45) is 0 Å². The summed E-state index contributed by atoms with van der Waals surface area (Å²) in [6.07, 6.45) is 3.58. The van der Waals surface area contributed by atoms with Gasteiger partial charge in [-0.05, 0) is 72.1 Å². The number of rotatable bonds is 4. The molecule has 0 fully saturated rings. The molecule has 0 N–H and O–H groups in total. The Morgan fingerprint density at radius 1 is 0.300 bits per heavy atom. The number of fused-ring (bicyclic) bond motifs is 6. The molecule has 0 aliphatic rings. The van der Waals surface area contributed by atoms with E-state index in [1.807, 2.05) is 24.3 Å². The molecule has 8 aromatic carbocycles. The highest BCUT2D eigenvalue weighted by Gasteiger charge is 2.22. The zero-order valence-electron chi connectivity index (χ0n) is 26.8. The van der Waals surface area contributed by atoms with Crippen molar-refractivity contribution in [3.63, 3.8) is 0 Å². The van der Waals surface area contributed by atoms with Crippen LogP contribution in [0.5, 0.6) is 0 Å². The first kappa shape index (κ1) is 28.2. The van der Waals surface area contributed by atoms with E-state index in [1.54, 1.807) is 12.4 Å². The average molecular weight is 638 g/mol. The molecule has 0 atom stereocenters. The van der Waals surface area contributed by atoms with Crippen LogP contribution in [-0.2, 0) is 0 Å². The molecule has 0 unspecified atom stereocenters. The number of aromatic nitrogens is 5. The predicted octanol–water partition coefficient (Wildman–Crippen LogP) is 11.1. The standard InChI is InChI=1S/C45H27N5/c1-2-12-28(13-3-1)42-48-43(38-21-10-20-32-33(38)23-22-31-26-29-14-4-5-15-30(29)27-39(31)32)50-45(49-42)41-36-18-8-6-16-34(36)40(44-46-24-11-25-47-44)35-17-7-9-19-37(35)41/h1-27H. The molecule has 0 saturated heterocycles. The van der Waals surface area contributed by atoms with Gasteiger partial charge < -0.3 is 0 Å². The Labute approximate surface area is 287 Å². The van der Waals surface area contributed by atoms with Gasteiger partial charge >= 0.3 is 0 Å². The molecule has 0 saturated carbocycles. The molecule has 0 aliphatic carbocycles. The third-order valence-electron chi connectivity index (χ3n) is 9.60. The van der Waals surface area contributed by atoms with Crippen LogP contribution in [0.2, 0.25) is 0 Å². The van der Waals surface area contributed by atoms with Crippen LogP contribution in [0.15, 0.2) is 164 Å². The Bertz CT molecular complexity index is 2870. The lowest BCUT2D eigenvalue weighted by molar-refractivity contribution is 1.08. The van der Waals surface area contributed by atoms with Crippen molar-refractivity contribution in [1.29, 1.82) is 0 Å². The van der Waals surface area contributed by atoms with Gasteiger partial charge in [0.15, 0.2) is 23.3 Å². The summed E-state index contributed by atoms with van der Waals surface area (Å²) < 4.78 is 0. The van der Waals surface area contributed by atoms with Crippen LogP contribution in [0.3, 0.4) is 0 Å². The van der Waals surface area contributed by atoms with E-state index in [9.17, 15) is 0 Å². The summed E-state index contributed by atoms with van der Waals surface area (Å²) in [5, 5.41) is 11.3. The molecule has 0 spiro atoms. The SMILES string of the molecule is c1ccc(-c2nc(-c3c4ccccc4c(-c4ncccn4)c4ccccc34)nc(-c3cccc4c3ccc3cc5ccccc5cc34)n2)cc1. The first-order valence-corrected chi connectivity index (χ1v) is 16.7. The zero-order valence-corrected chi connectivity index (χ0v) is 26.8. The lowest BCUT2D eigenvalue weighted by Crippen LogP contribution is -2.02. The molecule has 50 heavy (non-hydrogen) atoms. The Morgan fingerprint density at radius 2 is 0.860 bits per heavy atom. The van der Waals surface area contributed by atoms with Gasteiger partial charge in [0, 0.05) is 34.6 Å². The second-order valence-electron chi connectivity index (χ2n) is 12.5. The summed E-state index contributed by atoms with van der Waals surface area (Å²) in [4.78, 5) is 25.1. The van der Waals surface area contributed by atoms with E-state index in [2.05, 4.69) is 137 Å². The highest BCUT2D eigenvalue weighted by atomic mass is 15.0. The molecule has 0 bridgehead atoms. The summed E-state index contributed by atoms with van der Waals surface area (Å²) in [5.41, 5.74) is 3.83. The third-order valence-corrected chi connectivity index (χ3v) is 9.60. The Morgan fingerprint density at radius 3 is 1.56 bits per heavy atom. The summed E-state index contributed by atoms with van der Waals surface area (Å²) in [7, 11) is 0. The molecule has 5 nitrogen and oxygen atoms in total. The van der Waals surface area contributed by atoms with Gasteiger partial charge in [-0.1, -0.05) is 133 Å². The molecule has 0 amide bonds. The minimum absolute atomic E-state index is 0.616. The predicted molar refractivity (Wildman–Crippen MR) is 205 cm³/mol. The zero-order chi connectivity index (χ0) is 33.0. The maximum atomic E-state index is 5.33. The van der Waals surface area contributed by atoms with E-state index in [4.69, 9.17) is 15.0 Å². The van der Waals surface area contributed by atoms with Crippen LogP contribution in [0, 0.1) is 0 Å². The fourth-order valence-electron chi connectivity index (χ4n) is 7.34. The van der Waals surface area contributed by atoms with Crippen molar-refractivity contribution in [2.75, 3.05) is 0 Å². The van der Waals surface area contributed by atoms with Crippen LogP contribution in [0.25, 0.3) is 99.4 Å². The molecule has 232 valence electrons. The van der Waals surface area contributed by atoms with E-state index in [-0.39, 0.29) is 0 Å². The Hall–Kier alpha value is -6.85. The number of nitrogens with zero attached hydrogens (tertiary/aromatic N) is 5. The highest BCUT2D eigenvalue weighted by molar-refractivity contribution is 6.20. The van der Waals surface area contributed by atoms with Gasteiger partial charge in [-0.15, -0.1) is 0 Å². The van der Waals surface area contributed by atoms with Crippen LogP contribution in [0.4, 0.5) is 0 Å². The molecule has 5 heteroatoms. The fraction of sp³-hybridized carbons (Fsp3) is 0. The van der Waals surface area contributed by atoms with Gasteiger partial charge in [-0.3, -0.25) is 0 Å². The molecule has 2 heterocycles. The molecule has 10 rings (SSSR count). The molecule has 10 aromatic rings. The van der Waals surface area contributed by atoms with Crippen LogP contribution < -0.4 is 0 Å². The molecule has 2 aromatic heterocycles. The largest absolute Gasteiger partial charge is 0.237 e. The van der Waals surface area contributed by atoms with Gasteiger partial charge in [-0.2, -0.15) is 0 Å². The first-order valence-electron chi connectivity index (χ1n) is 16.7. The lowest BCUT2D eigenvalue weighted by Gasteiger charge is -2.17. The third kappa shape index (κ3) is 4.52. The summed E-state index contributed by atoms with van der Waals surface area (Å²) in [6.45, 7) is 0. The van der Waals surface area contributed by atoms with Crippen LogP contribution in [0.1, 0.15) is 0 Å². The molecule has 0 aliphatic heterocycles. The van der Waals surface area contributed by atoms with E-state index in [0.717, 1.165) is 54.6 Å². The number of benzene rings is 8. The normalized spacial score (nSPS) is 11.6. The van der Waals surface area contributed by atoms with Crippen molar-refractivity contribution in [1.82, 2.24) is 24.9 Å². The summed E-state index contributed by atoms with van der Waals surface area (Å²) in [5.74, 6) is 2.55. The van der Waals surface area contributed by atoms with E-state index >= 15 is 0 Å². The van der Waals surface area contributed by atoms with Gasteiger partial charge in [0.25, 0.3) is 0 Å². The smallest absolute Gasteiger partial charge is 0.165 e. The second-order valence-corrected chi connectivity index (χ2v) is 12.5.